The van der Waals surface area contributed by atoms with Gasteiger partial charge in [0.1, 0.15) is 10.9 Å². The van der Waals surface area contributed by atoms with Crippen LogP contribution in [0.4, 0.5) is 13.2 Å². The van der Waals surface area contributed by atoms with Gasteiger partial charge < -0.3 is 5.11 Å². The van der Waals surface area contributed by atoms with Crippen molar-refractivity contribution in [3.63, 3.8) is 0 Å². The molecule has 6 nitrogen and oxygen atoms in total. The molecule has 0 aliphatic heterocycles. The van der Waals surface area contributed by atoms with Gasteiger partial charge in [-0.25, -0.2) is 8.42 Å². The molecule has 2 rings (SSSR count). The summed E-state index contributed by atoms with van der Waals surface area (Å²) in [7, 11) is -4.32. The summed E-state index contributed by atoms with van der Waals surface area (Å²) in [4.78, 5) is 14.0. The van der Waals surface area contributed by atoms with E-state index >= 15 is 0 Å². The standard InChI is InChI=1S/C15H11Cl2F3N2O4S/c1-7(14(23)24)22-27(25,26)12-4-8(2-3-10(12)16)13-11(17)5-9(6-21-13)15(18,19)20/h2-7,22H,1H3,(H,23,24). The molecule has 0 spiro atoms. The van der Waals surface area contributed by atoms with E-state index in [1.54, 1.807) is 0 Å². The zero-order valence-corrected chi connectivity index (χ0v) is 15.7. The van der Waals surface area contributed by atoms with Crippen LogP contribution in [-0.4, -0.2) is 30.5 Å². The van der Waals surface area contributed by atoms with Crippen LogP contribution in [0.1, 0.15) is 12.5 Å². The fraction of sp³-hybridized carbons (Fsp3) is 0.200. The number of carboxylic acids is 1. The first-order valence-corrected chi connectivity index (χ1v) is 9.34. The van der Waals surface area contributed by atoms with E-state index < -0.39 is 38.7 Å². The lowest BCUT2D eigenvalue weighted by Crippen LogP contribution is -2.38. The van der Waals surface area contributed by atoms with Crippen LogP contribution in [0.25, 0.3) is 11.3 Å². The Morgan fingerprint density at radius 3 is 2.37 bits per heavy atom. The number of hydrogen-bond acceptors (Lipinski definition) is 4. The van der Waals surface area contributed by atoms with Gasteiger partial charge in [0.2, 0.25) is 10.0 Å². The molecule has 1 unspecified atom stereocenters. The zero-order chi connectivity index (χ0) is 20.6. The van der Waals surface area contributed by atoms with Crippen LogP contribution in [0.5, 0.6) is 0 Å². The maximum atomic E-state index is 12.7. The summed E-state index contributed by atoms with van der Waals surface area (Å²) in [6.07, 6.45) is -4.07. The van der Waals surface area contributed by atoms with Crippen molar-refractivity contribution >= 4 is 39.2 Å². The number of alkyl halides is 3. The second kappa shape index (κ2) is 7.63. The molecule has 0 saturated carbocycles. The Hall–Kier alpha value is -1.88. The Labute approximate surface area is 162 Å². The molecule has 2 N–H and O–H groups in total. The highest BCUT2D eigenvalue weighted by atomic mass is 35.5. The largest absolute Gasteiger partial charge is 0.480 e. The van der Waals surface area contributed by atoms with Crippen LogP contribution in [-0.2, 0) is 21.0 Å². The predicted molar refractivity (Wildman–Crippen MR) is 92.1 cm³/mol. The lowest BCUT2D eigenvalue weighted by atomic mass is 10.1. The lowest BCUT2D eigenvalue weighted by Gasteiger charge is -2.13. The molecule has 27 heavy (non-hydrogen) atoms. The molecule has 0 amide bonds. The summed E-state index contributed by atoms with van der Waals surface area (Å²) in [5.74, 6) is -1.40. The molecule has 146 valence electrons. The van der Waals surface area contributed by atoms with E-state index in [9.17, 15) is 26.4 Å². The average Bonchev–Trinajstić information content (AvgIpc) is 2.54. The minimum atomic E-state index is -4.64. The summed E-state index contributed by atoms with van der Waals surface area (Å²) in [6.45, 7) is 1.12. The van der Waals surface area contributed by atoms with E-state index in [2.05, 4.69) is 4.98 Å². The van der Waals surface area contributed by atoms with Crippen molar-refractivity contribution in [1.29, 1.82) is 0 Å². The highest BCUT2D eigenvalue weighted by Gasteiger charge is 2.32. The molecule has 12 heteroatoms. The van der Waals surface area contributed by atoms with Gasteiger partial charge in [0.15, 0.2) is 0 Å². The number of sulfonamides is 1. The number of carbonyl (C=O) groups is 1. The summed E-state index contributed by atoms with van der Waals surface area (Å²) < 4.78 is 64.8. The molecule has 0 bridgehead atoms. The van der Waals surface area contributed by atoms with Gasteiger partial charge in [-0.1, -0.05) is 29.3 Å². The van der Waals surface area contributed by atoms with Gasteiger partial charge in [0.25, 0.3) is 0 Å². The number of pyridine rings is 1. The second-order valence-corrected chi connectivity index (χ2v) is 7.88. The molecule has 0 aliphatic rings. The van der Waals surface area contributed by atoms with Crippen LogP contribution in [0, 0.1) is 0 Å². The number of rotatable bonds is 5. The highest BCUT2D eigenvalue weighted by molar-refractivity contribution is 7.89. The maximum Gasteiger partial charge on any atom is 0.417 e. The Morgan fingerprint density at radius 2 is 1.85 bits per heavy atom. The van der Waals surface area contributed by atoms with Gasteiger partial charge in [-0.15, -0.1) is 0 Å². The summed E-state index contributed by atoms with van der Waals surface area (Å²) in [6, 6.07) is 2.79. The van der Waals surface area contributed by atoms with Gasteiger partial charge in [-0.05, 0) is 25.1 Å². The smallest absolute Gasteiger partial charge is 0.417 e. The van der Waals surface area contributed by atoms with E-state index in [1.807, 2.05) is 4.72 Å². The topological polar surface area (TPSA) is 96.4 Å². The number of nitrogens with one attached hydrogen (secondary N) is 1. The van der Waals surface area contributed by atoms with Crippen molar-refractivity contribution < 1.29 is 31.5 Å². The maximum absolute atomic E-state index is 12.7. The molecule has 0 saturated heterocycles. The molecule has 0 aliphatic carbocycles. The number of benzene rings is 1. The molecule has 1 heterocycles. The zero-order valence-electron chi connectivity index (χ0n) is 13.4. The Morgan fingerprint density at radius 1 is 1.22 bits per heavy atom. The van der Waals surface area contributed by atoms with Crippen LogP contribution in [0.3, 0.4) is 0 Å². The van der Waals surface area contributed by atoms with E-state index in [-0.39, 0.29) is 21.3 Å². The van der Waals surface area contributed by atoms with Crippen molar-refractivity contribution in [2.24, 2.45) is 0 Å². The third-order valence-corrected chi connectivity index (χ3v) is 5.68. The van der Waals surface area contributed by atoms with Crippen LogP contribution < -0.4 is 4.72 Å². The van der Waals surface area contributed by atoms with E-state index in [0.717, 1.165) is 13.0 Å². The summed E-state index contributed by atoms with van der Waals surface area (Å²) in [5.41, 5.74) is -1.07. The third kappa shape index (κ3) is 4.89. The molecular formula is C15H11Cl2F3N2O4S. The predicted octanol–water partition coefficient (Wildman–Crippen LogP) is 3.83. The Balaban J connectivity index is 2.51. The van der Waals surface area contributed by atoms with Crippen LogP contribution in [0.2, 0.25) is 10.0 Å². The lowest BCUT2D eigenvalue weighted by molar-refractivity contribution is -0.139. The van der Waals surface area contributed by atoms with Gasteiger partial charge in [0, 0.05) is 11.8 Å². The van der Waals surface area contributed by atoms with Gasteiger partial charge >= 0.3 is 12.1 Å². The summed E-state index contributed by atoms with van der Waals surface area (Å²) >= 11 is 11.8. The van der Waals surface area contributed by atoms with Crippen LogP contribution in [0.15, 0.2) is 35.4 Å². The number of carboxylic acid groups (broad SMARTS) is 1. The number of hydrogen-bond donors (Lipinski definition) is 2. The van der Waals surface area contributed by atoms with Gasteiger partial charge in [-0.3, -0.25) is 9.78 Å². The van der Waals surface area contributed by atoms with E-state index in [0.29, 0.717) is 12.3 Å². The van der Waals surface area contributed by atoms with Crippen molar-refractivity contribution in [2.45, 2.75) is 24.0 Å². The van der Waals surface area contributed by atoms with E-state index in [4.69, 9.17) is 28.3 Å². The molecule has 1 aromatic heterocycles. The molecule has 0 radical (unpaired) electrons. The van der Waals surface area contributed by atoms with Crippen molar-refractivity contribution in [2.75, 3.05) is 0 Å². The average molecular weight is 443 g/mol. The summed E-state index contributed by atoms with van der Waals surface area (Å²) in [5, 5.41) is 8.28. The Kier molecular flexibility index (Phi) is 6.05. The van der Waals surface area contributed by atoms with Crippen LogP contribution >= 0.6 is 23.2 Å². The Bertz CT molecular complexity index is 997. The highest BCUT2D eigenvalue weighted by Crippen LogP contribution is 2.35. The molecule has 1 aromatic carbocycles. The van der Waals surface area contributed by atoms with Gasteiger partial charge in [-0.2, -0.15) is 17.9 Å². The fourth-order valence-corrected chi connectivity index (χ4v) is 4.01. The number of halogens is 5. The number of aliphatic carboxylic acids is 1. The first-order chi connectivity index (χ1) is 12.3. The number of nitrogens with zero attached hydrogens (tertiary/aromatic N) is 1. The molecule has 1 atom stereocenters. The van der Waals surface area contributed by atoms with Crippen molar-refractivity contribution in [1.82, 2.24) is 9.71 Å². The quantitative estimate of drug-likeness (QED) is 0.733. The minimum Gasteiger partial charge on any atom is -0.480 e. The van der Waals surface area contributed by atoms with Crippen molar-refractivity contribution in [3.8, 4) is 11.3 Å². The molecule has 2 aromatic rings. The fourth-order valence-electron chi connectivity index (χ4n) is 2.01. The van der Waals surface area contributed by atoms with Gasteiger partial charge in [0.05, 0.1) is 21.3 Å². The molecule has 0 fully saturated rings. The van der Waals surface area contributed by atoms with E-state index in [1.165, 1.54) is 12.1 Å². The molecular weight excluding hydrogens is 432 g/mol. The minimum absolute atomic E-state index is 0.0847. The monoisotopic (exact) mass is 442 g/mol. The van der Waals surface area contributed by atoms with Crippen molar-refractivity contribution in [3.05, 3.63) is 46.1 Å². The third-order valence-electron chi connectivity index (χ3n) is 3.37. The first-order valence-electron chi connectivity index (χ1n) is 7.10. The second-order valence-electron chi connectivity index (χ2n) is 5.38. The number of aromatic nitrogens is 1. The normalized spacial score (nSPS) is 13.4. The SMILES string of the molecule is CC(NS(=O)(=O)c1cc(-c2ncc(C(F)(F)F)cc2Cl)ccc1Cl)C(=O)O. The first kappa shape index (κ1) is 21.4.